The Kier molecular flexibility index (Phi) is 6.25. The fourth-order valence-electron chi connectivity index (χ4n) is 2.43. The number of ether oxygens (including phenoxy) is 2. The molecule has 0 N–H and O–H groups in total. The monoisotopic (exact) mass is 357 g/mol. The van der Waals surface area contributed by atoms with Gasteiger partial charge in [0.05, 0.1) is 24.4 Å². The Balaban J connectivity index is 2.39. The van der Waals surface area contributed by atoms with E-state index in [1.54, 1.807) is 13.0 Å². The Hall–Kier alpha value is -2.28. The van der Waals surface area contributed by atoms with Gasteiger partial charge in [0.2, 0.25) is 0 Å². The van der Waals surface area contributed by atoms with Crippen LogP contribution in [0.3, 0.4) is 0 Å². The molecule has 1 aliphatic heterocycles. The van der Waals surface area contributed by atoms with Crippen LogP contribution in [0.5, 0.6) is 5.75 Å². The van der Waals surface area contributed by atoms with Crippen molar-refractivity contribution in [3.05, 3.63) is 59.3 Å². The highest BCUT2D eigenvalue weighted by Gasteiger charge is 2.27. The molecule has 3 nitrogen and oxygen atoms in total. The zero-order valence-electron chi connectivity index (χ0n) is 14.0. The Morgan fingerprint density at radius 2 is 1.76 bits per heavy atom. The molecule has 7 heteroatoms. The number of rotatable bonds is 7. The van der Waals surface area contributed by atoms with Crippen molar-refractivity contribution in [2.45, 2.75) is 13.3 Å². The average molecular weight is 357 g/mol. The molecule has 1 aromatic rings. The second-order valence-corrected chi connectivity index (χ2v) is 5.45. The summed E-state index contributed by atoms with van der Waals surface area (Å²) in [5, 5.41) is 0. The predicted molar refractivity (Wildman–Crippen MR) is 87.3 cm³/mol. The van der Waals surface area contributed by atoms with E-state index >= 15 is 0 Å². The summed E-state index contributed by atoms with van der Waals surface area (Å²) in [5.41, 5.74) is 0.515. The van der Waals surface area contributed by atoms with Crippen molar-refractivity contribution in [3.63, 3.8) is 0 Å². The van der Waals surface area contributed by atoms with Gasteiger partial charge < -0.3 is 14.4 Å². The molecule has 0 atom stereocenters. The summed E-state index contributed by atoms with van der Waals surface area (Å²) in [6.07, 6.45) is 0.301. The molecule has 25 heavy (non-hydrogen) atoms. The van der Waals surface area contributed by atoms with Crippen molar-refractivity contribution in [2.24, 2.45) is 0 Å². The van der Waals surface area contributed by atoms with Gasteiger partial charge in [-0.3, -0.25) is 0 Å². The van der Waals surface area contributed by atoms with Gasteiger partial charge in [0.1, 0.15) is 24.0 Å². The van der Waals surface area contributed by atoms with Gasteiger partial charge in [0.15, 0.2) is 0 Å². The molecule has 0 amide bonds. The average Bonchev–Trinajstić information content (AvgIpc) is 2.53. The molecule has 1 heterocycles. The Morgan fingerprint density at radius 1 is 1.12 bits per heavy atom. The number of nitrogens with zero attached hydrogens (tertiary/aromatic N) is 1. The zero-order valence-corrected chi connectivity index (χ0v) is 14.0. The largest absolute Gasteiger partial charge is 0.491 e. The van der Waals surface area contributed by atoms with Crippen molar-refractivity contribution in [3.8, 4) is 5.75 Å². The van der Waals surface area contributed by atoms with Crippen molar-refractivity contribution >= 4 is 5.70 Å². The minimum atomic E-state index is -2.69. The molecule has 0 unspecified atom stereocenters. The van der Waals surface area contributed by atoms with E-state index < -0.39 is 30.2 Å². The van der Waals surface area contributed by atoms with Gasteiger partial charge in [-0.2, -0.15) is 0 Å². The normalized spacial score (nSPS) is 14.7. The Morgan fingerprint density at radius 3 is 2.32 bits per heavy atom. The Bertz CT molecular complexity index is 690. The first-order chi connectivity index (χ1) is 11.8. The third-order valence-electron chi connectivity index (χ3n) is 3.71. The number of methoxy groups -OCH3 is 1. The van der Waals surface area contributed by atoms with Crippen LogP contribution in [0, 0.1) is 11.6 Å². The molecule has 1 aromatic carbocycles. The maximum atomic E-state index is 14.5. The van der Waals surface area contributed by atoms with Crippen molar-refractivity contribution in [1.82, 2.24) is 4.90 Å². The van der Waals surface area contributed by atoms with Crippen LogP contribution >= 0.6 is 0 Å². The van der Waals surface area contributed by atoms with Crippen LogP contribution in [0.15, 0.2) is 42.1 Å². The first kappa shape index (κ1) is 19.1. The fourth-order valence-corrected chi connectivity index (χ4v) is 2.43. The van der Waals surface area contributed by atoms with E-state index in [1.807, 2.05) is 0 Å². The molecule has 0 radical (unpaired) electrons. The molecule has 136 valence electrons. The number of allylic oxidation sites excluding steroid dienone is 3. The van der Waals surface area contributed by atoms with Crippen LogP contribution in [0.4, 0.5) is 17.6 Å². The second kappa shape index (κ2) is 8.20. The summed E-state index contributed by atoms with van der Waals surface area (Å²) in [6, 6.07) is 2.03. The second-order valence-electron chi connectivity index (χ2n) is 5.45. The topological polar surface area (TPSA) is 21.7 Å². The zero-order chi connectivity index (χ0) is 18.6. The molecule has 0 aliphatic carbocycles. The summed E-state index contributed by atoms with van der Waals surface area (Å²) in [4.78, 5) is 1.12. The number of benzene rings is 1. The van der Waals surface area contributed by atoms with Crippen LogP contribution in [0.2, 0.25) is 0 Å². The molecule has 0 saturated carbocycles. The van der Waals surface area contributed by atoms with Crippen LogP contribution in [-0.4, -0.2) is 38.2 Å². The lowest BCUT2D eigenvalue weighted by atomic mass is 10.0. The highest BCUT2D eigenvalue weighted by molar-refractivity contribution is 5.72. The number of hydrogen-bond donors (Lipinski definition) is 0. The summed E-state index contributed by atoms with van der Waals surface area (Å²) >= 11 is 0. The van der Waals surface area contributed by atoms with E-state index in [1.165, 1.54) is 13.2 Å². The maximum Gasteiger partial charge on any atom is 0.256 e. The molecule has 0 fully saturated rings. The lowest BCUT2D eigenvalue weighted by molar-refractivity contribution is 0.123. The summed E-state index contributed by atoms with van der Waals surface area (Å²) in [5.74, 6) is -1.81. The molecular formula is C18H19F4NO2. The Labute approximate surface area is 143 Å². The third-order valence-corrected chi connectivity index (χ3v) is 3.71. The van der Waals surface area contributed by atoms with E-state index in [0.29, 0.717) is 5.57 Å². The minimum absolute atomic E-state index is 0.00170. The van der Waals surface area contributed by atoms with E-state index in [4.69, 9.17) is 9.47 Å². The summed E-state index contributed by atoms with van der Waals surface area (Å²) in [7, 11) is 1.48. The molecular weight excluding hydrogens is 338 g/mol. The SMILES string of the molecule is C=C1C(C)=CC=C(c2c(F)cc(OCCOC)cc2F)N1CC(F)F. The molecule has 0 spiro atoms. The minimum Gasteiger partial charge on any atom is -0.491 e. The highest BCUT2D eigenvalue weighted by atomic mass is 19.3. The van der Waals surface area contributed by atoms with Crippen LogP contribution in [0.1, 0.15) is 12.5 Å². The van der Waals surface area contributed by atoms with E-state index in [-0.39, 0.29) is 30.4 Å². The summed E-state index contributed by atoms with van der Waals surface area (Å²) < 4.78 is 64.8. The van der Waals surface area contributed by atoms with Crippen LogP contribution < -0.4 is 4.74 Å². The maximum absolute atomic E-state index is 14.5. The number of hydrogen-bond acceptors (Lipinski definition) is 3. The molecule has 0 aromatic heterocycles. The van der Waals surface area contributed by atoms with Gasteiger partial charge in [0, 0.05) is 24.9 Å². The molecule has 0 saturated heterocycles. The van der Waals surface area contributed by atoms with E-state index in [9.17, 15) is 17.6 Å². The fraction of sp³-hybridized carbons (Fsp3) is 0.333. The van der Waals surface area contributed by atoms with Gasteiger partial charge >= 0.3 is 0 Å². The number of alkyl halides is 2. The lowest BCUT2D eigenvalue weighted by Gasteiger charge is -2.32. The van der Waals surface area contributed by atoms with Crippen molar-refractivity contribution < 1.29 is 27.0 Å². The van der Waals surface area contributed by atoms with Gasteiger partial charge in [-0.25, -0.2) is 17.6 Å². The van der Waals surface area contributed by atoms with Gasteiger partial charge in [-0.15, -0.1) is 0 Å². The standard InChI is InChI=1S/C18H19F4NO2/c1-11-4-5-16(23(12(11)2)10-17(21)22)18-14(19)8-13(9-15(18)20)25-7-6-24-3/h4-5,8-9,17H,2,6-7,10H2,1,3H3. The summed E-state index contributed by atoms with van der Waals surface area (Å²) in [6.45, 7) is 5.11. The van der Waals surface area contributed by atoms with Crippen LogP contribution in [-0.2, 0) is 4.74 Å². The lowest BCUT2D eigenvalue weighted by Crippen LogP contribution is -2.29. The van der Waals surface area contributed by atoms with Gasteiger partial charge in [-0.1, -0.05) is 12.7 Å². The first-order valence-corrected chi connectivity index (χ1v) is 7.59. The highest BCUT2D eigenvalue weighted by Crippen LogP contribution is 2.35. The van der Waals surface area contributed by atoms with E-state index in [2.05, 4.69) is 6.58 Å². The molecule has 2 rings (SSSR count). The molecule has 0 bridgehead atoms. The predicted octanol–water partition coefficient (Wildman–Crippen LogP) is 4.37. The molecule has 1 aliphatic rings. The van der Waals surface area contributed by atoms with Crippen LogP contribution in [0.25, 0.3) is 5.70 Å². The smallest absolute Gasteiger partial charge is 0.256 e. The quantitative estimate of drug-likeness (QED) is 0.534. The van der Waals surface area contributed by atoms with Crippen molar-refractivity contribution in [2.75, 3.05) is 26.9 Å². The van der Waals surface area contributed by atoms with Crippen molar-refractivity contribution in [1.29, 1.82) is 0 Å². The third kappa shape index (κ3) is 4.42. The first-order valence-electron chi connectivity index (χ1n) is 7.59. The van der Waals surface area contributed by atoms with Gasteiger partial charge in [0.25, 0.3) is 6.43 Å². The number of halogens is 4. The van der Waals surface area contributed by atoms with E-state index in [0.717, 1.165) is 17.0 Å². The van der Waals surface area contributed by atoms with Gasteiger partial charge in [-0.05, 0) is 18.6 Å².